The highest BCUT2D eigenvalue weighted by molar-refractivity contribution is 5.93. The highest BCUT2D eigenvalue weighted by atomic mass is 35.5. The van der Waals surface area contributed by atoms with Crippen molar-refractivity contribution in [1.29, 1.82) is 0 Å². The number of amides is 2. The van der Waals surface area contributed by atoms with Crippen molar-refractivity contribution in [3.05, 3.63) is 18.0 Å². The number of nitrogens with zero attached hydrogens (tertiary/aromatic N) is 3. The first kappa shape index (κ1) is 18.7. The lowest BCUT2D eigenvalue weighted by atomic mass is 9.92. The zero-order chi connectivity index (χ0) is 16.4. The molecule has 134 valence electrons. The summed E-state index contributed by atoms with van der Waals surface area (Å²) in [6.07, 6.45) is 5.63. The molecule has 7 nitrogen and oxygen atoms in total. The van der Waals surface area contributed by atoms with Gasteiger partial charge in [0.1, 0.15) is 5.69 Å². The Hall–Kier alpha value is -1.60. The van der Waals surface area contributed by atoms with Crippen molar-refractivity contribution in [3.63, 3.8) is 0 Å². The maximum Gasteiger partial charge on any atom is 0.274 e. The Balaban J connectivity index is 0.00000208. The zero-order valence-electron chi connectivity index (χ0n) is 14.0. The third-order valence-corrected chi connectivity index (χ3v) is 5.02. The molecule has 1 aromatic rings. The minimum Gasteiger partial charge on any atom is -0.369 e. The van der Waals surface area contributed by atoms with Crippen molar-refractivity contribution in [2.75, 3.05) is 19.6 Å². The van der Waals surface area contributed by atoms with Gasteiger partial charge in [-0.3, -0.25) is 14.3 Å². The summed E-state index contributed by atoms with van der Waals surface area (Å²) in [7, 11) is 0. The molecule has 0 spiro atoms. The molecule has 2 fully saturated rings. The van der Waals surface area contributed by atoms with Crippen LogP contribution in [-0.2, 0) is 4.79 Å². The number of hydrogen-bond acceptors (Lipinski definition) is 4. The summed E-state index contributed by atoms with van der Waals surface area (Å²) in [5, 5.41) is 7.84. The number of aromatic nitrogens is 2. The quantitative estimate of drug-likeness (QED) is 0.844. The van der Waals surface area contributed by atoms with E-state index in [0.29, 0.717) is 18.3 Å². The van der Waals surface area contributed by atoms with Gasteiger partial charge in [0.05, 0.1) is 12.0 Å². The molecule has 1 aromatic heterocycles. The molecule has 3 heterocycles. The zero-order valence-corrected chi connectivity index (χ0v) is 14.8. The molecular weight excluding hydrogens is 330 g/mol. The first-order chi connectivity index (χ1) is 11.1. The van der Waals surface area contributed by atoms with Crippen LogP contribution in [0.3, 0.4) is 0 Å². The molecule has 8 heteroatoms. The molecule has 2 amide bonds. The van der Waals surface area contributed by atoms with Gasteiger partial charge in [-0.25, -0.2) is 0 Å². The third-order valence-electron chi connectivity index (χ3n) is 5.02. The second-order valence-corrected chi connectivity index (χ2v) is 6.66. The van der Waals surface area contributed by atoms with Gasteiger partial charge in [0, 0.05) is 25.3 Å². The van der Waals surface area contributed by atoms with Crippen molar-refractivity contribution in [1.82, 2.24) is 20.0 Å². The summed E-state index contributed by atoms with van der Waals surface area (Å²) in [6, 6.07) is 2.19. The minimum absolute atomic E-state index is 0. The number of carbonyl (C=O) groups excluding carboxylic acids is 2. The predicted octanol–water partition coefficient (Wildman–Crippen LogP) is 0.955. The van der Waals surface area contributed by atoms with Gasteiger partial charge >= 0.3 is 0 Å². The van der Waals surface area contributed by atoms with E-state index >= 15 is 0 Å². The van der Waals surface area contributed by atoms with Gasteiger partial charge in [-0.15, -0.1) is 12.4 Å². The van der Waals surface area contributed by atoms with Crippen molar-refractivity contribution < 1.29 is 9.59 Å². The molecule has 0 aromatic carbocycles. The molecule has 3 atom stereocenters. The number of hydrogen-bond donors (Lipinski definition) is 2. The second-order valence-electron chi connectivity index (χ2n) is 6.66. The molecule has 2 saturated heterocycles. The first-order valence-corrected chi connectivity index (χ1v) is 8.42. The lowest BCUT2D eigenvalue weighted by Gasteiger charge is -2.36. The van der Waals surface area contributed by atoms with Crippen LogP contribution in [0.5, 0.6) is 0 Å². The number of carbonyl (C=O) groups is 2. The summed E-state index contributed by atoms with van der Waals surface area (Å²) in [4.78, 5) is 25.9. The molecule has 24 heavy (non-hydrogen) atoms. The van der Waals surface area contributed by atoms with Gasteiger partial charge in [0.25, 0.3) is 5.91 Å². The van der Waals surface area contributed by atoms with Crippen molar-refractivity contribution in [2.45, 2.75) is 44.7 Å². The molecule has 0 bridgehead atoms. The molecule has 0 saturated carbocycles. The number of piperidine rings is 2. The Kier molecular flexibility index (Phi) is 6.23. The molecule has 3 N–H and O–H groups in total. The summed E-state index contributed by atoms with van der Waals surface area (Å²) < 4.78 is 1.89. The number of likely N-dealkylation sites (tertiary alicyclic amines) is 1. The summed E-state index contributed by atoms with van der Waals surface area (Å²) in [6.45, 7) is 4.34. The summed E-state index contributed by atoms with van der Waals surface area (Å²) in [5.41, 5.74) is 5.86. The normalized spacial score (nSPS) is 27.4. The Bertz CT molecular complexity index is 585. The van der Waals surface area contributed by atoms with E-state index < -0.39 is 0 Å². The van der Waals surface area contributed by atoms with E-state index in [1.807, 2.05) is 17.8 Å². The van der Waals surface area contributed by atoms with Crippen LogP contribution < -0.4 is 11.1 Å². The number of primary amides is 1. The molecule has 0 aliphatic carbocycles. The van der Waals surface area contributed by atoms with Crippen LogP contribution in [0.2, 0.25) is 0 Å². The van der Waals surface area contributed by atoms with E-state index in [-0.39, 0.29) is 36.2 Å². The Morgan fingerprint density at radius 1 is 1.33 bits per heavy atom. The number of rotatable bonds is 3. The number of nitrogens with two attached hydrogens (primary N) is 1. The summed E-state index contributed by atoms with van der Waals surface area (Å²) in [5.74, 6) is -0.681. The largest absolute Gasteiger partial charge is 0.369 e. The van der Waals surface area contributed by atoms with Gasteiger partial charge in [-0.2, -0.15) is 5.10 Å². The van der Waals surface area contributed by atoms with E-state index in [9.17, 15) is 9.59 Å². The minimum atomic E-state index is -0.325. The molecule has 2 aliphatic rings. The predicted molar refractivity (Wildman–Crippen MR) is 93.0 cm³/mol. The average molecular weight is 356 g/mol. The van der Waals surface area contributed by atoms with E-state index in [2.05, 4.69) is 10.4 Å². The van der Waals surface area contributed by atoms with E-state index in [1.54, 1.807) is 11.0 Å². The average Bonchev–Trinajstić information content (AvgIpc) is 3.05. The number of nitrogens with one attached hydrogen (secondary N) is 1. The smallest absolute Gasteiger partial charge is 0.274 e. The second kappa shape index (κ2) is 7.98. The monoisotopic (exact) mass is 355 g/mol. The molecule has 0 radical (unpaired) electrons. The van der Waals surface area contributed by atoms with Crippen molar-refractivity contribution >= 4 is 24.2 Å². The van der Waals surface area contributed by atoms with Gasteiger partial charge in [-0.05, 0) is 45.2 Å². The van der Waals surface area contributed by atoms with Gasteiger partial charge in [-0.1, -0.05) is 0 Å². The van der Waals surface area contributed by atoms with Gasteiger partial charge in [0.15, 0.2) is 0 Å². The van der Waals surface area contributed by atoms with Crippen LogP contribution in [0, 0.1) is 5.92 Å². The van der Waals surface area contributed by atoms with Crippen LogP contribution in [0.1, 0.15) is 49.1 Å². The lowest BCUT2D eigenvalue weighted by Crippen LogP contribution is -2.48. The van der Waals surface area contributed by atoms with Crippen LogP contribution >= 0.6 is 12.4 Å². The van der Waals surface area contributed by atoms with E-state index in [0.717, 1.165) is 38.8 Å². The standard InChI is InChI=1S/C16H25N5O2.ClH/c1-11-4-5-12(15(17)22)10-20(11)16(23)14-6-8-21(19-14)13-3-2-7-18-9-13;/h6,8,11-13,18H,2-5,7,9-10H2,1H3,(H2,17,22);1H. The van der Waals surface area contributed by atoms with E-state index in [4.69, 9.17) is 5.73 Å². The molecule has 2 aliphatic heterocycles. The topological polar surface area (TPSA) is 93.3 Å². The summed E-state index contributed by atoms with van der Waals surface area (Å²) >= 11 is 0. The first-order valence-electron chi connectivity index (χ1n) is 8.42. The Labute approximate surface area is 148 Å². The van der Waals surface area contributed by atoms with Gasteiger partial charge in [0.2, 0.25) is 5.91 Å². The fourth-order valence-electron chi connectivity index (χ4n) is 3.48. The lowest BCUT2D eigenvalue weighted by molar-refractivity contribution is -0.123. The van der Waals surface area contributed by atoms with Crippen LogP contribution in [-0.4, -0.2) is 52.2 Å². The van der Waals surface area contributed by atoms with Crippen LogP contribution in [0.15, 0.2) is 12.3 Å². The third kappa shape index (κ3) is 3.89. The molecule has 3 rings (SSSR count). The Morgan fingerprint density at radius 3 is 2.79 bits per heavy atom. The van der Waals surface area contributed by atoms with Gasteiger partial charge < -0.3 is 16.0 Å². The molecule has 3 unspecified atom stereocenters. The highest BCUT2D eigenvalue weighted by Gasteiger charge is 2.33. The van der Waals surface area contributed by atoms with Crippen molar-refractivity contribution in [2.24, 2.45) is 11.7 Å². The Morgan fingerprint density at radius 2 is 2.12 bits per heavy atom. The number of halogens is 1. The van der Waals surface area contributed by atoms with E-state index in [1.165, 1.54) is 0 Å². The maximum atomic E-state index is 12.8. The van der Waals surface area contributed by atoms with Crippen molar-refractivity contribution in [3.8, 4) is 0 Å². The maximum absolute atomic E-state index is 12.8. The fourth-order valence-corrected chi connectivity index (χ4v) is 3.48. The van der Waals surface area contributed by atoms with Crippen LogP contribution in [0.25, 0.3) is 0 Å². The fraction of sp³-hybridized carbons (Fsp3) is 0.688. The SMILES string of the molecule is CC1CCC(C(N)=O)CN1C(=O)c1ccn(C2CCCNC2)n1.Cl. The highest BCUT2D eigenvalue weighted by Crippen LogP contribution is 2.24. The molecular formula is C16H26ClN5O2. The van der Waals surface area contributed by atoms with Crippen LogP contribution in [0.4, 0.5) is 0 Å².